The average molecular weight is 647 g/mol. The number of carbonyl (C=O) groups is 2. The van der Waals surface area contributed by atoms with Gasteiger partial charge in [0.05, 0.1) is 37.6 Å². The predicted molar refractivity (Wildman–Crippen MR) is 185 cm³/mol. The van der Waals surface area contributed by atoms with Crippen molar-refractivity contribution in [2.75, 3.05) is 13.2 Å². The molecule has 8 unspecified atom stereocenters. The maximum atomic E-state index is 12.0. The van der Waals surface area contributed by atoms with E-state index in [4.69, 9.17) is 18.9 Å². The van der Waals surface area contributed by atoms with Crippen LogP contribution in [0.15, 0.2) is 0 Å². The molecule has 4 aliphatic rings. The van der Waals surface area contributed by atoms with Crippen LogP contribution in [0.3, 0.4) is 0 Å². The number of carbonyl (C=O) groups excluding carboxylic acids is 2. The van der Waals surface area contributed by atoms with Gasteiger partial charge >= 0.3 is 11.9 Å². The zero-order valence-corrected chi connectivity index (χ0v) is 29.9. The van der Waals surface area contributed by atoms with E-state index in [-0.39, 0.29) is 11.9 Å². The van der Waals surface area contributed by atoms with E-state index >= 15 is 0 Å². The van der Waals surface area contributed by atoms with Crippen LogP contribution in [0.4, 0.5) is 0 Å². The van der Waals surface area contributed by atoms with Gasteiger partial charge < -0.3 is 18.9 Å². The lowest BCUT2D eigenvalue weighted by molar-refractivity contribution is -0.146. The Morgan fingerprint density at radius 1 is 0.457 bits per heavy atom. The molecular formula is C40H70O6. The lowest BCUT2D eigenvalue weighted by Crippen LogP contribution is -2.22. The van der Waals surface area contributed by atoms with Crippen molar-refractivity contribution in [3.8, 4) is 0 Å². The number of rotatable bonds is 27. The Morgan fingerprint density at radius 3 is 1.17 bits per heavy atom. The molecule has 2 saturated heterocycles. The zero-order valence-electron chi connectivity index (χ0n) is 29.9. The minimum Gasteiger partial charge on any atom is -0.466 e. The normalized spacial score (nSPS) is 29.5. The molecule has 2 aliphatic carbocycles. The van der Waals surface area contributed by atoms with Crippen LogP contribution in [-0.2, 0) is 28.5 Å². The van der Waals surface area contributed by atoms with Crippen LogP contribution in [-0.4, -0.2) is 49.6 Å². The van der Waals surface area contributed by atoms with Crippen molar-refractivity contribution in [3.63, 3.8) is 0 Å². The molecule has 0 radical (unpaired) electrons. The molecule has 0 spiro atoms. The Morgan fingerprint density at radius 2 is 0.783 bits per heavy atom. The smallest absolute Gasteiger partial charge is 0.305 e. The lowest BCUT2D eigenvalue weighted by atomic mass is 9.78. The largest absolute Gasteiger partial charge is 0.466 e. The van der Waals surface area contributed by atoms with Gasteiger partial charge in [0.1, 0.15) is 0 Å². The Kier molecular flexibility index (Phi) is 17.8. The van der Waals surface area contributed by atoms with Gasteiger partial charge in [-0.15, -0.1) is 0 Å². The SMILES string of the molecule is CC1CC2OC2CC1CCCCCCCCCCOC(=O)CCCCC(=O)OCCCCCCCCCCC1CC2OC2CC1C. The number of unbranched alkanes of at least 4 members (excludes halogenated alkanes) is 15. The highest BCUT2D eigenvalue weighted by Crippen LogP contribution is 2.45. The van der Waals surface area contributed by atoms with Crippen LogP contribution < -0.4 is 0 Å². The van der Waals surface area contributed by atoms with Gasteiger partial charge in [0.25, 0.3) is 0 Å². The van der Waals surface area contributed by atoms with E-state index in [0.717, 1.165) is 49.4 Å². The van der Waals surface area contributed by atoms with Crippen molar-refractivity contribution in [2.24, 2.45) is 23.7 Å². The topological polar surface area (TPSA) is 77.7 Å². The molecule has 0 N–H and O–H groups in total. The van der Waals surface area contributed by atoms with Crippen molar-refractivity contribution in [1.82, 2.24) is 0 Å². The molecule has 0 bridgehead atoms. The first-order chi connectivity index (χ1) is 22.5. The molecular weight excluding hydrogens is 576 g/mol. The highest BCUT2D eigenvalue weighted by Gasteiger charge is 2.47. The first kappa shape index (κ1) is 37.7. The zero-order chi connectivity index (χ0) is 32.4. The molecule has 6 nitrogen and oxygen atoms in total. The van der Waals surface area contributed by atoms with Gasteiger partial charge in [-0.1, -0.05) is 117 Å². The fourth-order valence-corrected chi connectivity index (χ4v) is 8.37. The van der Waals surface area contributed by atoms with Crippen LogP contribution in [0, 0.1) is 23.7 Å². The van der Waals surface area contributed by atoms with Gasteiger partial charge in [-0.05, 0) is 75.0 Å². The monoisotopic (exact) mass is 647 g/mol. The Labute approximate surface area is 282 Å². The van der Waals surface area contributed by atoms with Gasteiger partial charge in [0, 0.05) is 12.8 Å². The highest BCUT2D eigenvalue weighted by atomic mass is 16.6. The summed E-state index contributed by atoms with van der Waals surface area (Å²) in [4.78, 5) is 24.0. The third-order valence-corrected chi connectivity index (χ3v) is 11.7. The van der Waals surface area contributed by atoms with Crippen LogP contribution in [0.2, 0.25) is 0 Å². The number of esters is 2. The second-order valence-corrected chi connectivity index (χ2v) is 15.7. The number of hydrogen-bond acceptors (Lipinski definition) is 6. The molecule has 4 fully saturated rings. The summed E-state index contributed by atoms with van der Waals surface area (Å²) in [6.07, 6.45) is 32.7. The molecule has 46 heavy (non-hydrogen) atoms. The molecule has 0 aromatic heterocycles. The molecule has 6 heteroatoms. The van der Waals surface area contributed by atoms with Crippen molar-refractivity contribution in [1.29, 1.82) is 0 Å². The molecule has 8 atom stereocenters. The fraction of sp³-hybridized carbons (Fsp3) is 0.950. The summed E-state index contributed by atoms with van der Waals surface area (Å²) in [5, 5.41) is 0. The molecule has 4 rings (SSSR count). The molecule has 0 amide bonds. The maximum absolute atomic E-state index is 12.0. The first-order valence-electron chi connectivity index (χ1n) is 20.1. The van der Waals surface area contributed by atoms with Gasteiger partial charge in [-0.3, -0.25) is 9.59 Å². The molecule has 0 aromatic carbocycles. The summed E-state index contributed by atoms with van der Waals surface area (Å²) in [7, 11) is 0. The number of fused-ring (bicyclic) bond motifs is 2. The molecule has 266 valence electrons. The number of ether oxygens (including phenoxy) is 4. The summed E-state index contributed by atoms with van der Waals surface area (Å²) in [5.41, 5.74) is 0. The van der Waals surface area contributed by atoms with E-state index in [0.29, 0.717) is 63.3 Å². The average Bonchev–Trinajstić information content (AvgIpc) is 3.97. The third-order valence-electron chi connectivity index (χ3n) is 11.7. The van der Waals surface area contributed by atoms with E-state index < -0.39 is 0 Å². The van der Waals surface area contributed by atoms with E-state index in [1.54, 1.807) is 0 Å². The van der Waals surface area contributed by atoms with Crippen LogP contribution in [0.1, 0.15) is 181 Å². The van der Waals surface area contributed by atoms with Crippen LogP contribution in [0.25, 0.3) is 0 Å². The second kappa shape index (κ2) is 21.8. The van der Waals surface area contributed by atoms with Crippen molar-refractivity contribution < 1.29 is 28.5 Å². The summed E-state index contributed by atoms with van der Waals surface area (Å²) in [5.74, 6) is 3.23. The summed E-state index contributed by atoms with van der Waals surface area (Å²) >= 11 is 0. The van der Waals surface area contributed by atoms with E-state index in [1.807, 2.05) is 0 Å². The highest BCUT2D eigenvalue weighted by molar-refractivity contribution is 5.70. The molecule has 0 aromatic rings. The van der Waals surface area contributed by atoms with Crippen LogP contribution in [0.5, 0.6) is 0 Å². The lowest BCUT2D eigenvalue weighted by Gasteiger charge is -2.26. The van der Waals surface area contributed by atoms with E-state index in [1.165, 1.54) is 116 Å². The number of hydrogen-bond donors (Lipinski definition) is 0. The van der Waals surface area contributed by atoms with Gasteiger partial charge in [-0.2, -0.15) is 0 Å². The van der Waals surface area contributed by atoms with Gasteiger partial charge in [0.2, 0.25) is 0 Å². The summed E-state index contributed by atoms with van der Waals surface area (Å²) in [6, 6.07) is 0. The van der Waals surface area contributed by atoms with Gasteiger partial charge in [-0.25, -0.2) is 0 Å². The second-order valence-electron chi connectivity index (χ2n) is 15.7. The van der Waals surface area contributed by atoms with Crippen molar-refractivity contribution in [3.05, 3.63) is 0 Å². The van der Waals surface area contributed by atoms with E-state index in [9.17, 15) is 9.59 Å². The van der Waals surface area contributed by atoms with Gasteiger partial charge in [0.15, 0.2) is 0 Å². The maximum Gasteiger partial charge on any atom is 0.305 e. The quantitative estimate of drug-likeness (QED) is 0.0502. The molecule has 2 saturated carbocycles. The minimum absolute atomic E-state index is 0.130. The Hall–Kier alpha value is -1.14. The number of epoxide rings is 2. The predicted octanol–water partition coefficient (Wildman–Crippen LogP) is 10.3. The summed E-state index contributed by atoms with van der Waals surface area (Å²) < 4.78 is 22.2. The minimum atomic E-state index is -0.130. The van der Waals surface area contributed by atoms with E-state index in [2.05, 4.69) is 13.8 Å². The summed E-state index contributed by atoms with van der Waals surface area (Å²) in [6.45, 7) is 5.90. The van der Waals surface area contributed by atoms with Crippen molar-refractivity contribution in [2.45, 2.75) is 205 Å². The standard InChI is InChI=1S/C40H70O6/c1-31-27-35-37(45-35)29-33(31)21-15-11-7-3-5-9-13-19-25-43-39(41)23-17-18-24-40(42)44-26-20-14-10-6-4-8-12-16-22-34-30-38-36(46-38)28-32(34)2/h31-38H,3-30H2,1-2H3. The fourth-order valence-electron chi connectivity index (χ4n) is 8.37. The third kappa shape index (κ3) is 15.4. The molecule has 2 heterocycles. The Balaban J connectivity index is 0.805. The first-order valence-corrected chi connectivity index (χ1v) is 20.1. The van der Waals surface area contributed by atoms with Crippen molar-refractivity contribution >= 4 is 11.9 Å². The van der Waals surface area contributed by atoms with Crippen LogP contribution >= 0.6 is 0 Å². The Bertz CT molecular complexity index is 778. The molecule has 2 aliphatic heterocycles.